The van der Waals surface area contributed by atoms with Gasteiger partial charge in [0.15, 0.2) is 6.61 Å². The van der Waals surface area contributed by atoms with E-state index in [9.17, 15) is 9.59 Å². The predicted molar refractivity (Wildman–Crippen MR) is 104 cm³/mol. The topological polar surface area (TPSA) is 73.9 Å². The van der Waals surface area contributed by atoms with Crippen LogP contribution in [-0.4, -0.2) is 38.3 Å². The first-order valence-electron chi connectivity index (χ1n) is 8.22. The molecule has 0 radical (unpaired) electrons. The van der Waals surface area contributed by atoms with Gasteiger partial charge in [-0.15, -0.1) is 0 Å². The number of hydrogen-bond donors (Lipinski definition) is 1. The van der Waals surface area contributed by atoms with E-state index in [1.807, 2.05) is 6.92 Å². The van der Waals surface area contributed by atoms with Gasteiger partial charge in [0.2, 0.25) is 0 Å². The largest absolute Gasteiger partial charge is 0.482 e. The zero-order chi connectivity index (χ0) is 19.6. The smallest absolute Gasteiger partial charge is 0.338 e. The maximum atomic E-state index is 12.1. The van der Waals surface area contributed by atoms with Crippen molar-refractivity contribution in [1.29, 1.82) is 0 Å². The molecule has 2 aromatic carbocycles. The van der Waals surface area contributed by atoms with Crippen LogP contribution < -0.4 is 10.1 Å². The summed E-state index contributed by atoms with van der Waals surface area (Å²) >= 11 is 11.9. The van der Waals surface area contributed by atoms with Gasteiger partial charge in [-0.05, 0) is 37.3 Å². The summed E-state index contributed by atoms with van der Waals surface area (Å²) in [6, 6.07) is 11.1. The van der Waals surface area contributed by atoms with Crippen LogP contribution in [0.3, 0.4) is 0 Å². The van der Waals surface area contributed by atoms with Crippen molar-refractivity contribution in [3.05, 3.63) is 58.1 Å². The summed E-state index contributed by atoms with van der Waals surface area (Å²) in [5.74, 6) is -0.591. The summed E-state index contributed by atoms with van der Waals surface area (Å²) in [6.45, 7) is 2.65. The van der Waals surface area contributed by atoms with Crippen LogP contribution in [-0.2, 0) is 14.3 Å². The van der Waals surface area contributed by atoms with E-state index in [4.69, 9.17) is 37.4 Å². The Labute approximate surface area is 167 Å². The number of rotatable bonds is 9. The minimum absolute atomic E-state index is 0.164. The van der Waals surface area contributed by atoms with E-state index in [1.54, 1.807) is 30.3 Å². The molecule has 0 aliphatic rings. The molecule has 1 N–H and O–H groups in total. The van der Waals surface area contributed by atoms with Crippen LogP contribution in [0.25, 0.3) is 0 Å². The monoisotopic (exact) mass is 411 g/mol. The number of anilines is 1. The molecule has 0 aromatic heterocycles. The first-order valence-corrected chi connectivity index (χ1v) is 8.98. The van der Waals surface area contributed by atoms with Gasteiger partial charge in [0.05, 0.1) is 17.2 Å². The van der Waals surface area contributed by atoms with Gasteiger partial charge < -0.3 is 19.5 Å². The zero-order valence-electron chi connectivity index (χ0n) is 14.7. The fourth-order valence-corrected chi connectivity index (χ4v) is 2.41. The third-order valence-corrected chi connectivity index (χ3v) is 3.85. The normalized spacial score (nSPS) is 10.3. The minimum atomic E-state index is -0.493. The van der Waals surface area contributed by atoms with E-state index in [0.29, 0.717) is 40.3 Å². The average molecular weight is 412 g/mol. The van der Waals surface area contributed by atoms with Crippen LogP contribution in [0.5, 0.6) is 5.75 Å². The van der Waals surface area contributed by atoms with E-state index in [0.717, 1.165) is 0 Å². The van der Waals surface area contributed by atoms with Gasteiger partial charge in [0.1, 0.15) is 12.4 Å². The van der Waals surface area contributed by atoms with Crippen molar-refractivity contribution >= 4 is 40.8 Å². The number of benzene rings is 2. The molecule has 0 aliphatic carbocycles. The molecule has 1 amide bonds. The van der Waals surface area contributed by atoms with Crippen molar-refractivity contribution in [2.45, 2.75) is 6.92 Å². The minimum Gasteiger partial charge on any atom is -0.482 e. The lowest BCUT2D eigenvalue weighted by Crippen LogP contribution is -2.20. The molecule has 8 heteroatoms. The summed E-state index contributed by atoms with van der Waals surface area (Å²) in [6.07, 6.45) is 0. The first-order chi connectivity index (χ1) is 13.0. The van der Waals surface area contributed by atoms with E-state index >= 15 is 0 Å². The van der Waals surface area contributed by atoms with E-state index < -0.39 is 11.9 Å². The molecule has 0 spiro atoms. The highest BCUT2D eigenvalue weighted by Gasteiger charge is 2.10. The van der Waals surface area contributed by atoms with Crippen LogP contribution in [0.1, 0.15) is 17.3 Å². The molecular weight excluding hydrogens is 393 g/mol. The molecule has 0 heterocycles. The molecule has 0 bridgehead atoms. The molecule has 0 atom stereocenters. The molecule has 27 heavy (non-hydrogen) atoms. The lowest BCUT2D eigenvalue weighted by molar-refractivity contribution is -0.118. The number of ether oxygens (including phenoxy) is 3. The van der Waals surface area contributed by atoms with Crippen molar-refractivity contribution in [2.24, 2.45) is 0 Å². The summed E-state index contributed by atoms with van der Waals surface area (Å²) < 4.78 is 15.6. The molecular formula is C19H19Cl2NO5. The average Bonchev–Trinajstić information content (AvgIpc) is 2.66. The number of halogens is 2. The van der Waals surface area contributed by atoms with Gasteiger partial charge >= 0.3 is 5.97 Å². The Morgan fingerprint density at radius 2 is 1.89 bits per heavy atom. The Balaban J connectivity index is 1.88. The number of hydrogen-bond acceptors (Lipinski definition) is 5. The van der Waals surface area contributed by atoms with E-state index in [2.05, 4.69) is 5.32 Å². The third-order valence-electron chi connectivity index (χ3n) is 3.30. The maximum Gasteiger partial charge on any atom is 0.338 e. The quantitative estimate of drug-likeness (QED) is 0.494. The Morgan fingerprint density at radius 3 is 2.67 bits per heavy atom. The second-order valence-corrected chi connectivity index (χ2v) is 6.17. The molecule has 0 saturated carbocycles. The van der Waals surface area contributed by atoms with Gasteiger partial charge in [-0.2, -0.15) is 0 Å². The highest BCUT2D eigenvalue weighted by molar-refractivity contribution is 6.34. The summed E-state index contributed by atoms with van der Waals surface area (Å²) in [5.41, 5.74) is 0.767. The molecule has 6 nitrogen and oxygen atoms in total. The van der Waals surface area contributed by atoms with Crippen molar-refractivity contribution in [2.75, 3.05) is 31.7 Å². The van der Waals surface area contributed by atoms with Gasteiger partial charge in [-0.1, -0.05) is 29.3 Å². The Morgan fingerprint density at radius 1 is 1.07 bits per heavy atom. The molecule has 0 saturated heterocycles. The van der Waals surface area contributed by atoms with Gasteiger partial charge in [-0.3, -0.25) is 4.79 Å². The zero-order valence-corrected chi connectivity index (χ0v) is 16.2. The van der Waals surface area contributed by atoms with Crippen molar-refractivity contribution < 1.29 is 23.8 Å². The standard InChI is InChI=1S/C19H19Cl2NO5/c1-2-25-8-9-26-19(24)13-4-3-5-15(10-13)22-18(23)12-27-17-11-14(20)6-7-16(17)21/h3-7,10-11H,2,8-9,12H2,1H3,(H,22,23). The number of esters is 1. The van der Waals surface area contributed by atoms with Crippen LogP contribution >= 0.6 is 23.2 Å². The fraction of sp³-hybridized carbons (Fsp3) is 0.263. The van der Waals surface area contributed by atoms with Crippen molar-refractivity contribution in [3.63, 3.8) is 0 Å². The number of carbonyl (C=O) groups is 2. The Bertz CT molecular complexity index is 797. The molecule has 0 fully saturated rings. The Kier molecular flexibility index (Phi) is 8.39. The van der Waals surface area contributed by atoms with Crippen LogP contribution in [0.15, 0.2) is 42.5 Å². The molecule has 2 aromatic rings. The van der Waals surface area contributed by atoms with Crippen LogP contribution in [0, 0.1) is 0 Å². The molecule has 0 aliphatic heterocycles. The van der Waals surface area contributed by atoms with E-state index in [1.165, 1.54) is 12.1 Å². The highest BCUT2D eigenvalue weighted by atomic mass is 35.5. The number of nitrogens with one attached hydrogen (secondary N) is 1. The fourth-order valence-electron chi connectivity index (χ4n) is 2.07. The maximum absolute atomic E-state index is 12.1. The third kappa shape index (κ3) is 7.09. The summed E-state index contributed by atoms with van der Waals surface area (Å²) in [5, 5.41) is 3.45. The summed E-state index contributed by atoms with van der Waals surface area (Å²) in [4.78, 5) is 24.0. The van der Waals surface area contributed by atoms with E-state index in [-0.39, 0.29) is 13.2 Å². The van der Waals surface area contributed by atoms with Gasteiger partial charge in [0, 0.05) is 23.4 Å². The second kappa shape index (κ2) is 10.8. The molecule has 2 rings (SSSR count). The first kappa shape index (κ1) is 21.0. The number of carbonyl (C=O) groups excluding carboxylic acids is 2. The SMILES string of the molecule is CCOCCOC(=O)c1cccc(NC(=O)COc2cc(Cl)ccc2Cl)c1. The van der Waals surface area contributed by atoms with Gasteiger partial charge in [-0.25, -0.2) is 4.79 Å². The number of amides is 1. The van der Waals surface area contributed by atoms with Crippen LogP contribution in [0.4, 0.5) is 5.69 Å². The Hall–Kier alpha value is -2.28. The van der Waals surface area contributed by atoms with Gasteiger partial charge in [0.25, 0.3) is 5.91 Å². The van der Waals surface area contributed by atoms with Crippen LogP contribution in [0.2, 0.25) is 10.0 Å². The summed E-state index contributed by atoms with van der Waals surface area (Å²) in [7, 11) is 0. The predicted octanol–water partition coefficient (Wildman–Crippen LogP) is 4.20. The highest BCUT2D eigenvalue weighted by Crippen LogP contribution is 2.27. The lowest BCUT2D eigenvalue weighted by atomic mass is 10.2. The molecule has 0 unspecified atom stereocenters. The van der Waals surface area contributed by atoms with Crippen molar-refractivity contribution in [3.8, 4) is 5.75 Å². The second-order valence-electron chi connectivity index (χ2n) is 5.33. The molecule has 144 valence electrons. The van der Waals surface area contributed by atoms with Crippen molar-refractivity contribution in [1.82, 2.24) is 0 Å². The lowest BCUT2D eigenvalue weighted by Gasteiger charge is -2.10.